The van der Waals surface area contributed by atoms with E-state index in [0.717, 1.165) is 28.3 Å². The Morgan fingerprint density at radius 2 is 1.90 bits per heavy atom. The van der Waals surface area contributed by atoms with Gasteiger partial charge in [-0.2, -0.15) is 0 Å². The Bertz CT molecular complexity index is 748. The molecule has 0 radical (unpaired) electrons. The summed E-state index contributed by atoms with van der Waals surface area (Å²) in [5.74, 6) is 0. The van der Waals surface area contributed by atoms with Crippen LogP contribution in [-0.2, 0) is 6.54 Å². The summed E-state index contributed by atoms with van der Waals surface area (Å²) in [6.45, 7) is 2.78. The van der Waals surface area contributed by atoms with E-state index in [1.165, 1.54) is 10.9 Å². The molecule has 0 aliphatic heterocycles. The van der Waals surface area contributed by atoms with Crippen LogP contribution >= 0.6 is 11.6 Å². The number of hydrogen-bond donors (Lipinski definition) is 1. The van der Waals surface area contributed by atoms with E-state index in [9.17, 15) is 0 Å². The standard InChI is InChI=1S/C17H15ClN2/c1-12-15(18)6-4-8-16(12)20-11-13-9-10-19-17-7-3-2-5-14(13)17/h2-10,20H,11H2,1H3. The van der Waals surface area contributed by atoms with Gasteiger partial charge in [0.25, 0.3) is 0 Å². The molecule has 0 fully saturated rings. The first-order valence-corrected chi connectivity index (χ1v) is 6.95. The molecule has 1 heterocycles. The third-order valence-corrected chi connectivity index (χ3v) is 3.89. The van der Waals surface area contributed by atoms with Gasteiger partial charge in [-0.1, -0.05) is 35.9 Å². The molecule has 0 spiro atoms. The highest BCUT2D eigenvalue weighted by molar-refractivity contribution is 6.31. The smallest absolute Gasteiger partial charge is 0.0705 e. The fourth-order valence-corrected chi connectivity index (χ4v) is 2.47. The van der Waals surface area contributed by atoms with Gasteiger partial charge in [-0.3, -0.25) is 4.98 Å². The molecule has 100 valence electrons. The summed E-state index contributed by atoms with van der Waals surface area (Å²) >= 11 is 6.14. The number of anilines is 1. The first-order valence-electron chi connectivity index (χ1n) is 6.57. The van der Waals surface area contributed by atoms with E-state index in [4.69, 9.17) is 11.6 Å². The number of rotatable bonds is 3. The minimum atomic E-state index is 0.754. The molecule has 3 rings (SSSR count). The zero-order chi connectivity index (χ0) is 13.9. The average Bonchev–Trinajstić information content (AvgIpc) is 2.49. The van der Waals surface area contributed by atoms with Crippen LogP contribution < -0.4 is 5.32 Å². The molecule has 0 amide bonds. The highest BCUT2D eigenvalue weighted by atomic mass is 35.5. The summed E-state index contributed by atoms with van der Waals surface area (Å²) in [6.07, 6.45) is 1.85. The lowest BCUT2D eigenvalue weighted by Crippen LogP contribution is -2.02. The Kier molecular flexibility index (Phi) is 3.57. The second-order valence-corrected chi connectivity index (χ2v) is 5.16. The van der Waals surface area contributed by atoms with Crippen molar-refractivity contribution in [1.29, 1.82) is 0 Å². The molecule has 0 unspecified atom stereocenters. The fraction of sp³-hybridized carbons (Fsp3) is 0.118. The second-order valence-electron chi connectivity index (χ2n) is 4.75. The number of nitrogens with one attached hydrogen (secondary N) is 1. The molecule has 20 heavy (non-hydrogen) atoms. The number of halogens is 1. The van der Waals surface area contributed by atoms with Crippen molar-refractivity contribution in [1.82, 2.24) is 4.98 Å². The van der Waals surface area contributed by atoms with Crippen LogP contribution in [0.1, 0.15) is 11.1 Å². The van der Waals surface area contributed by atoms with Crippen molar-refractivity contribution in [2.75, 3.05) is 5.32 Å². The van der Waals surface area contributed by atoms with Gasteiger partial charge in [0.05, 0.1) is 5.52 Å². The summed E-state index contributed by atoms with van der Waals surface area (Å²) in [6, 6.07) is 16.1. The Morgan fingerprint density at radius 3 is 2.80 bits per heavy atom. The van der Waals surface area contributed by atoms with Crippen LogP contribution in [0.4, 0.5) is 5.69 Å². The van der Waals surface area contributed by atoms with Crippen molar-refractivity contribution >= 4 is 28.2 Å². The number of benzene rings is 2. The van der Waals surface area contributed by atoms with Crippen molar-refractivity contribution < 1.29 is 0 Å². The molecule has 0 aliphatic rings. The topological polar surface area (TPSA) is 24.9 Å². The van der Waals surface area contributed by atoms with E-state index >= 15 is 0 Å². The fourth-order valence-electron chi connectivity index (χ4n) is 2.30. The van der Waals surface area contributed by atoms with Crippen LogP contribution in [0.3, 0.4) is 0 Å². The number of aromatic nitrogens is 1. The first kappa shape index (κ1) is 12.9. The van der Waals surface area contributed by atoms with Gasteiger partial charge in [0.15, 0.2) is 0 Å². The quantitative estimate of drug-likeness (QED) is 0.746. The van der Waals surface area contributed by atoms with Crippen LogP contribution in [0, 0.1) is 6.92 Å². The monoisotopic (exact) mass is 282 g/mol. The summed E-state index contributed by atoms with van der Waals surface area (Å²) in [5, 5.41) is 5.42. The van der Waals surface area contributed by atoms with Crippen LogP contribution in [-0.4, -0.2) is 4.98 Å². The SMILES string of the molecule is Cc1c(Cl)cccc1NCc1ccnc2ccccc12. The van der Waals surface area contributed by atoms with Gasteiger partial charge in [-0.25, -0.2) is 0 Å². The van der Waals surface area contributed by atoms with Gasteiger partial charge >= 0.3 is 0 Å². The van der Waals surface area contributed by atoms with Gasteiger partial charge in [0, 0.05) is 28.8 Å². The summed E-state index contributed by atoms with van der Waals surface area (Å²) < 4.78 is 0. The maximum Gasteiger partial charge on any atom is 0.0705 e. The Labute approximate surface area is 123 Å². The van der Waals surface area contributed by atoms with Crippen LogP contribution in [0.5, 0.6) is 0 Å². The molecule has 2 aromatic carbocycles. The number of nitrogens with zero attached hydrogens (tertiary/aromatic N) is 1. The lowest BCUT2D eigenvalue weighted by atomic mass is 10.1. The Balaban J connectivity index is 1.89. The van der Waals surface area contributed by atoms with E-state index in [1.807, 2.05) is 49.5 Å². The molecule has 3 aromatic rings. The highest BCUT2D eigenvalue weighted by Crippen LogP contribution is 2.24. The Morgan fingerprint density at radius 1 is 1.05 bits per heavy atom. The van der Waals surface area contributed by atoms with Gasteiger partial charge < -0.3 is 5.32 Å². The number of fused-ring (bicyclic) bond motifs is 1. The molecular weight excluding hydrogens is 268 g/mol. The van der Waals surface area contributed by atoms with Gasteiger partial charge in [0.1, 0.15) is 0 Å². The van der Waals surface area contributed by atoms with E-state index in [1.54, 1.807) is 0 Å². The predicted octanol–water partition coefficient (Wildman–Crippen LogP) is 4.81. The summed E-state index contributed by atoms with van der Waals surface area (Å²) in [4.78, 5) is 4.38. The van der Waals surface area contributed by atoms with E-state index < -0.39 is 0 Å². The third-order valence-electron chi connectivity index (χ3n) is 3.48. The molecule has 0 saturated heterocycles. The van der Waals surface area contributed by atoms with Crippen LogP contribution in [0.25, 0.3) is 10.9 Å². The summed E-state index contributed by atoms with van der Waals surface area (Å²) in [7, 11) is 0. The zero-order valence-electron chi connectivity index (χ0n) is 11.2. The maximum absolute atomic E-state index is 6.14. The summed E-state index contributed by atoms with van der Waals surface area (Å²) in [5.41, 5.74) is 4.40. The predicted molar refractivity (Wildman–Crippen MR) is 85.3 cm³/mol. The molecule has 0 aliphatic carbocycles. The van der Waals surface area contributed by atoms with E-state index in [2.05, 4.69) is 22.4 Å². The molecule has 2 nitrogen and oxygen atoms in total. The molecule has 0 saturated carbocycles. The average molecular weight is 283 g/mol. The normalized spacial score (nSPS) is 10.7. The van der Waals surface area contributed by atoms with E-state index in [-0.39, 0.29) is 0 Å². The number of pyridine rings is 1. The Hall–Kier alpha value is -2.06. The van der Waals surface area contributed by atoms with Crippen molar-refractivity contribution in [2.45, 2.75) is 13.5 Å². The van der Waals surface area contributed by atoms with Crippen LogP contribution in [0.15, 0.2) is 54.7 Å². The lowest BCUT2D eigenvalue weighted by molar-refractivity contribution is 1.15. The molecule has 0 bridgehead atoms. The molecule has 1 N–H and O–H groups in total. The van der Waals surface area contributed by atoms with Crippen LogP contribution in [0.2, 0.25) is 5.02 Å². The molecule has 0 atom stereocenters. The minimum Gasteiger partial charge on any atom is -0.381 e. The number of hydrogen-bond acceptors (Lipinski definition) is 2. The second kappa shape index (κ2) is 5.51. The largest absolute Gasteiger partial charge is 0.381 e. The zero-order valence-corrected chi connectivity index (χ0v) is 12.0. The van der Waals surface area contributed by atoms with E-state index in [0.29, 0.717) is 0 Å². The highest BCUT2D eigenvalue weighted by Gasteiger charge is 2.04. The molecular formula is C17H15ClN2. The van der Waals surface area contributed by atoms with Crippen molar-refractivity contribution in [3.63, 3.8) is 0 Å². The van der Waals surface area contributed by atoms with Crippen molar-refractivity contribution in [2.24, 2.45) is 0 Å². The lowest BCUT2D eigenvalue weighted by Gasteiger charge is -2.12. The van der Waals surface area contributed by atoms with Gasteiger partial charge in [-0.05, 0) is 42.3 Å². The molecule has 1 aromatic heterocycles. The first-order chi connectivity index (χ1) is 9.75. The minimum absolute atomic E-state index is 0.754. The molecule has 3 heteroatoms. The van der Waals surface area contributed by atoms with Gasteiger partial charge in [0.2, 0.25) is 0 Å². The maximum atomic E-state index is 6.14. The van der Waals surface area contributed by atoms with Crippen molar-refractivity contribution in [3.8, 4) is 0 Å². The third kappa shape index (κ3) is 2.47. The van der Waals surface area contributed by atoms with Gasteiger partial charge in [-0.15, -0.1) is 0 Å². The van der Waals surface area contributed by atoms with Crippen molar-refractivity contribution in [3.05, 3.63) is 70.9 Å². The number of para-hydroxylation sites is 1.